The van der Waals surface area contributed by atoms with Crippen molar-refractivity contribution in [2.24, 2.45) is 0 Å². The number of halogens is 6. The molecule has 0 aliphatic carbocycles. The van der Waals surface area contributed by atoms with Crippen molar-refractivity contribution in [3.8, 4) is 11.4 Å². The first-order valence-corrected chi connectivity index (χ1v) is 8.85. The van der Waals surface area contributed by atoms with Crippen LogP contribution in [0.2, 0.25) is 0 Å². The van der Waals surface area contributed by atoms with Crippen LogP contribution in [-0.2, 0) is 12.4 Å². The standard InChI is InChI=1S/C19H11F6N7/c1-9-2-3-11(19(23,24)25)14(30-9)13-8-27-15-12(4-5-26-16(15)31-13)32-17-28-6-10(7-29-17)18(20,21)22/h2-8H,1H3,(H,26,28,29,31,32). The van der Waals surface area contributed by atoms with Crippen LogP contribution in [-0.4, -0.2) is 29.9 Å². The van der Waals surface area contributed by atoms with Gasteiger partial charge in [0.1, 0.15) is 16.9 Å². The molecule has 0 aromatic carbocycles. The third-order valence-corrected chi connectivity index (χ3v) is 4.26. The van der Waals surface area contributed by atoms with Crippen molar-refractivity contribution in [3.63, 3.8) is 0 Å². The second-order valence-corrected chi connectivity index (χ2v) is 6.55. The zero-order valence-electron chi connectivity index (χ0n) is 16.0. The lowest BCUT2D eigenvalue weighted by Gasteiger charge is -2.13. The molecule has 0 unspecified atom stereocenters. The van der Waals surface area contributed by atoms with Gasteiger partial charge in [0.25, 0.3) is 0 Å². The second-order valence-electron chi connectivity index (χ2n) is 6.55. The number of nitrogens with zero attached hydrogens (tertiary/aromatic N) is 6. The number of hydrogen-bond donors (Lipinski definition) is 1. The summed E-state index contributed by atoms with van der Waals surface area (Å²) in [5.41, 5.74) is -1.75. The van der Waals surface area contributed by atoms with Crippen molar-refractivity contribution in [1.82, 2.24) is 29.9 Å². The molecule has 0 saturated heterocycles. The third-order valence-electron chi connectivity index (χ3n) is 4.26. The first-order chi connectivity index (χ1) is 15.0. The normalized spacial score (nSPS) is 12.2. The van der Waals surface area contributed by atoms with Gasteiger partial charge in [-0.15, -0.1) is 0 Å². The molecule has 0 aliphatic heterocycles. The molecule has 13 heteroatoms. The van der Waals surface area contributed by atoms with Crippen LogP contribution in [0.5, 0.6) is 0 Å². The Bertz CT molecular complexity index is 1290. The van der Waals surface area contributed by atoms with Crippen molar-refractivity contribution in [2.45, 2.75) is 19.3 Å². The van der Waals surface area contributed by atoms with E-state index in [9.17, 15) is 26.3 Å². The maximum Gasteiger partial charge on any atom is 0.419 e. The zero-order chi connectivity index (χ0) is 23.1. The number of nitrogens with one attached hydrogen (secondary N) is 1. The number of alkyl halides is 6. The highest BCUT2D eigenvalue weighted by atomic mass is 19.4. The van der Waals surface area contributed by atoms with E-state index >= 15 is 0 Å². The monoisotopic (exact) mass is 451 g/mol. The molecule has 7 nitrogen and oxygen atoms in total. The van der Waals surface area contributed by atoms with Gasteiger partial charge in [-0.1, -0.05) is 0 Å². The van der Waals surface area contributed by atoms with Gasteiger partial charge >= 0.3 is 12.4 Å². The molecular weight excluding hydrogens is 440 g/mol. The lowest BCUT2D eigenvalue weighted by atomic mass is 10.1. The average molecular weight is 451 g/mol. The predicted molar refractivity (Wildman–Crippen MR) is 101 cm³/mol. The Hall–Kier alpha value is -3.90. The highest BCUT2D eigenvalue weighted by molar-refractivity contribution is 5.87. The van der Waals surface area contributed by atoms with Crippen molar-refractivity contribution in [3.05, 3.63) is 59.8 Å². The number of anilines is 2. The number of aryl methyl sites for hydroxylation is 1. The van der Waals surface area contributed by atoms with Gasteiger partial charge in [0.2, 0.25) is 5.95 Å². The van der Waals surface area contributed by atoms with Gasteiger partial charge in [-0.25, -0.2) is 24.9 Å². The van der Waals surface area contributed by atoms with E-state index in [0.29, 0.717) is 18.1 Å². The molecule has 4 rings (SSSR count). The number of fused-ring (bicyclic) bond motifs is 1. The van der Waals surface area contributed by atoms with Crippen molar-refractivity contribution in [2.75, 3.05) is 5.32 Å². The molecule has 1 N–H and O–H groups in total. The zero-order valence-corrected chi connectivity index (χ0v) is 16.0. The molecule has 0 radical (unpaired) electrons. The highest BCUT2D eigenvalue weighted by Crippen LogP contribution is 2.36. The molecule has 0 aliphatic rings. The summed E-state index contributed by atoms with van der Waals surface area (Å²) in [5, 5.41) is 2.70. The summed E-state index contributed by atoms with van der Waals surface area (Å²) in [5.74, 6) is -0.143. The lowest BCUT2D eigenvalue weighted by Crippen LogP contribution is -2.10. The van der Waals surface area contributed by atoms with Gasteiger partial charge in [-0.05, 0) is 25.1 Å². The Labute approximate surface area is 175 Å². The fraction of sp³-hybridized carbons (Fsp3) is 0.158. The van der Waals surface area contributed by atoms with Crippen LogP contribution >= 0.6 is 0 Å². The van der Waals surface area contributed by atoms with Crippen molar-refractivity contribution < 1.29 is 26.3 Å². The Morgan fingerprint density at radius 2 is 1.50 bits per heavy atom. The van der Waals surface area contributed by atoms with Crippen LogP contribution in [0.4, 0.5) is 38.0 Å². The minimum Gasteiger partial charge on any atom is -0.322 e. The number of rotatable bonds is 3. The minimum absolute atomic E-state index is 0.00385. The number of pyridine rings is 2. The van der Waals surface area contributed by atoms with Crippen molar-refractivity contribution >= 4 is 22.8 Å². The smallest absolute Gasteiger partial charge is 0.322 e. The van der Waals surface area contributed by atoms with E-state index in [-0.39, 0.29) is 28.5 Å². The Kier molecular flexibility index (Phi) is 5.11. The summed E-state index contributed by atoms with van der Waals surface area (Å²) in [6.07, 6.45) is -5.58. The molecule has 4 heterocycles. The van der Waals surface area contributed by atoms with Crippen LogP contribution in [0.15, 0.2) is 43.0 Å². The van der Waals surface area contributed by atoms with Crippen LogP contribution in [0.1, 0.15) is 16.8 Å². The van der Waals surface area contributed by atoms with Crippen LogP contribution in [0.3, 0.4) is 0 Å². The SMILES string of the molecule is Cc1ccc(C(F)(F)F)c(-c2cnc3c(Nc4ncc(C(F)(F)F)cn4)ccnc3n2)n1. The molecule has 0 fully saturated rings. The van der Waals surface area contributed by atoms with E-state index in [1.165, 1.54) is 18.3 Å². The van der Waals surface area contributed by atoms with E-state index in [2.05, 4.69) is 35.2 Å². The Balaban J connectivity index is 1.72. The summed E-state index contributed by atoms with van der Waals surface area (Å²) in [6, 6.07) is 3.60. The van der Waals surface area contributed by atoms with Crippen LogP contribution in [0, 0.1) is 6.92 Å². The summed E-state index contributed by atoms with van der Waals surface area (Å²) in [7, 11) is 0. The van der Waals surface area contributed by atoms with E-state index in [1.807, 2.05) is 0 Å². The molecule has 4 aromatic rings. The molecule has 0 bridgehead atoms. The first kappa shape index (κ1) is 21.3. The van der Waals surface area contributed by atoms with Crippen LogP contribution < -0.4 is 5.32 Å². The Morgan fingerprint density at radius 3 is 2.16 bits per heavy atom. The van der Waals surface area contributed by atoms with Gasteiger partial charge in [0, 0.05) is 24.3 Å². The topological polar surface area (TPSA) is 89.4 Å². The van der Waals surface area contributed by atoms with Gasteiger partial charge in [0.15, 0.2) is 5.65 Å². The van der Waals surface area contributed by atoms with Gasteiger partial charge in [-0.2, -0.15) is 26.3 Å². The summed E-state index contributed by atoms with van der Waals surface area (Å²) in [6.45, 7) is 1.54. The maximum absolute atomic E-state index is 13.4. The molecule has 0 spiro atoms. The quantitative estimate of drug-likeness (QED) is 0.440. The molecule has 32 heavy (non-hydrogen) atoms. The first-order valence-electron chi connectivity index (χ1n) is 8.85. The molecule has 164 valence electrons. The summed E-state index contributed by atoms with van der Waals surface area (Å²) >= 11 is 0. The fourth-order valence-corrected chi connectivity index (χ4v) is 2.78. The van der Waals surface area contributed by atoms with E-state index in [4.69, 9.17) is 0 Å². The minimum atomic E-state index is -4.65. The van der Waals surface area contributed by atoms with E-state index in [1.54, 1.807) is 6.92 Å². The highest BCUT2D eigenvalue weighted by Gasteiger charge is 2.35. The molecule has 0 atom stereocenters. The third kappa shape index (κ3) is 4.26. The lowest BCUT2D eigenvalue weighted by molar-refractivity contribution is -0.138. The number of aromatic nitrogens is 6. The van der Waals surface area contributed by atoms with E-state index < -0.39 is 29.2 Å². The Morgan fingerprint density at radius 1 is 0.781 bits per heavy atom. The maximum atomic E-state index is 13.4. The largest absolute Gasteiger partial charge is 0.419 e. The molecule has 0 saturated carbocycles. The summed E-state index contributed by atoms with van der Waals surface area (Å²) < 4.78 is 78.1. The van der Waals surface area contributed by atoms with Gasteiger partial charge < -0.3 is 5.32 Å². The van der Waals surface area contributed by atoms with Gasteiger partial charge in [0.05, 0.1) is 23.0 Å². The molecule has 0 amide bonds. The predicted octanol–water partition coefficient (Wildman–Crippen LogP) is 4.97. The molecular formula is C19H11F6N7. The fourth-order valence-electron chi connectivity index (χ4n) is 2.78. The number of hydrogen-bond acceptors (Lipinski definition) is 7. The van der Waals surface area contributed by atoms with Gasteiger partial charge in [-0.3, -0.25) is 4.98 Å². The van der Waals surface area contributed by atoms with Crippen molar-refractivity contribution in [1.29, 1.82) is 0 Å². The van der Waals surface area contributed by atoms with Crippen LogP contribution in [0.25, 0.3) is 22.6 Å². The average Bonchev–Trinajstić information content (AvgIpc) is 2.72. The molecule has 4 aromatic heterocycles. The van der Waals surface area contributed by atoms with E-state index in [0.717, 1.165) is 12.3 Å². The second kappa shape index (κ2) is 7.66. The summed E-state index contributed by atoms with van der Waals surface area (Å²) in [4.78, 5) is 23.5.